The maximum absolute atomic E-state index is 11.8. The van der Waals surface area contributed by atoms with Crippen LogP contribution in [0.4, 0.5) is 5.69 Å². The molecule has 0 radical (unpaired) electrons. The van der Waals surface area contributed by atoms with Crippen LogP contribution in [0.5, 0.6) is 0 Å². The third-order valence-electron chi connectivity index (χ3n) is 3.19. The Kier molecular flexibility index (Phi) is 8.07. The molecule has 0 bridgehead atoms. The molecule has 2 amide bonds. The lowest BCUT2D eigenvalue weighted by Gasteiger charge is -2.05. The van der Waals surface area contributed by atoms with Crippen molar-refractivity contribution in [3.8, 4) is 0 Å². The van der Waals surface area contributed by atoms with Crippen LogP contribution in [-0.4, -0.2) is 18.0 Å². The van der Waals surface area contributed by atoms with Gasteiger partial charge in [0.2, 0.25) is 11.8 Å². The highest BCUT2D eigenvalue weighted by atomic mass is 127. The first-order chi connectivity index (χ1) is 12.0. The van der Waals surface area contributed by atoms with Gasteiger partial charge < -0.3 is 5.32 Å². The molecule has 25 heavy (non-hydrogen) atoms. The van der Waals surface area contributed by atoms with Crippen molar-refractivity contribution >= 4 is 62.2 Å². The Morgan fingerprint density at radius 2 is 1.80 bits per heavy atom. The zero-order chi connectivity index (χ0) is 18.1. The van der Waals surface area contributed by atoms with E-state index in [0.29, 0.717) is 6.42 Å². The number of rotatable bonds is 7. The quantitative estimate of drug-likeness (QED) is 0.329. The van der Waals surface area contributed by atoms with Crippen molar-refractivity contribution in [2.45, 2.75) is 19.3 Å². The first-order valence-electron chi connectivity index (χ1n) is 7.66. The van der Waals surface area contributed by atoms with Crippen LogP contribution in [0.1, 0.15) is 24.8 Å². The molecule has 0 saturated heterocycles. The fourth-order valence-electron chi connectivity index (χ4n) is 1.99. The van der Waals surface area contributed by atoms with Gasteiger partial charge in [0, 0.05) is 26.6 Å². The molecule has 2 aromatic rings. The Morgan fingerprint density at radius 1 is 1.08 bits per heavy atom. The van der Waals surface area contributed by atoms with E-state index in [1.54, 1.807) is 6.21 Å². The maximum Gasteiger partial charge on any atom is 0.240 e. The fourth-order valence-corrected chi connectivity index (χ4v) is 2.82. The largest absolute Gasteiger partial charge is 0.326 e. The first kappa shape index (κ1) is 19.6. The van der Waals surface area contributed by atoms with E-state index in [2.05, 4.69) is 54.4 Å². The number of carbonyl (C=O) groups is 2. The minimum absolute atomic E-state index is 0.113. The summed E-state index contributed by atoms with van der Waals surface area (Å²) in [6, 6.07) is 15.1. The van der Waals surface area contributed by atoms with E-state index in [0.717, 1.165) is 19.3 Å². The standard InChI is InChI=1S/C18H17BrIN3O2/c19-14-7-9-16(10-8-14)22-17(24)5-2-6-18(25)23-21-12-13-3-1-4-15(20)11-13/h1,3-4,7-12H,2,5-6H2,(H,22,24)(H,23,25). The molecule has 0 unspecified atom stereocenters. The van der Waals surface area contributed by atoms with E-state index in [-0.39, 0.29) is 24.7 Å². The number of benzene rings is 2. The van der Waals surface area contributed by atoms with Crippen LogP contribution < -0.4 is 10.7 Å². The predicted molar refractivity (Wildman–Crippen MR) is 112 cm³/mol. The zero-order valence-corrected chi connectivity index (χ0v) is 17.1. The molecule has 5 nitrogen and oxygen atoms in total. The lowest BCUT2D eigenvalue weighted by Crippen LogP contribution is -2.18. The number of hydrogen-bond donors (Lipinski definition) is 2. The summed E-state index contributed by atoms with van der Waals surface area (Å²) in [6.07, 6.45) is 2.59. The molecule has 2 N–H and O–H groups in total. The molecule has 0 atom stereocenters. The summed E-state index contributed by atoms with van der Waals surface area (Å²) in [5, 5.41) is 6.71. The zero-order valence-electron chi connectivity index (χ0n) is 13.3. The molecular weight excluding hydrogens is 497 g/mol. The van der Waals surface area contributed by atoms with E-state index in [9.17, 15) is 9.59 Å². The second kappa shape index (κ2) is 10.3. The Bertz CT molecular complexity index is 763. The summed E-state index contributed by atoms with van der Waals surface area (Å²) in [5.74, 6) is -0.323. The van der Waals surface area contributed by atoms with Gasteiger partial charge in [-0.15, -0.1) is 0 Å². The number of nitrogens with one attached hydrogen (secondary N) is 2. The van der Waals surface area contributed by atoms with Gasteiger partial charge in [0.05, 0.1) is 6.21 Å². The number of halogens is 2. The summed E-state index contributed by atoms with van der Waals surface area (Å²) in [6.45, 7) is 0. The Labute approximate surface area is 168 Å². The molecule has 0 saturated carbocycles. The molecule has 0 aliphatic heterocycles. The van der Waals surface area contributed by atoms with Gasteiger partial charge in [0.25, 0.3) is 0 Å². The average Bonchev–Trinajstić information content (AvgIpc) is 2.57. The molecule has 2 rings (SSSR count). The van der Waals surface area contributed by atoms with Crippen molar-refractivity contribution in [3.05, 3.63) is 62.1 Å². The van der Waals surface area contributed by atoms with Gasteiger partial charge in [-0.3, -0.25) is 9.59 Å². The van der Waals surface area contributed by atoms with Crippen molar-refractivity contribution in [2.75, 3.05) is 5.32 Å². The van der Waals surface area contributed by atoms with Gasteiger partial charge in [-0.1, -0.05) is 28.1 Å². The molecule has 0 aliphatic carbocycles. The lowest BCUT2D eigenvalue weighted by molar-refractivity contribution is -0.121. The van der Waals surface area contributed by atoms with Crippen molar-refractivity contribution in [3.63, 3.8) is 0 Å². The molecule has 0 spiro atoms. The highest BCUT2D eigenvalue weighted by molar-refractivity contribution is 14.1. The smallest absolute Gasteiger partial charge is 0.240 e. The van der Waals surface area contributed by atoms with Crippen molar-refractivity contribution in [1.29, 1.82) is 0 Å². The highest BCUT2D eigenvalue weighted by Gasteiger charge is 2.05. The second-order valence-electron chi connectivity index (χ2n) is 5.26. The maximum atomic E-state index is 11.8. The van der Waals surface area contributed by atoms with Gasteiger partial charge >= 0.3 is 0 Å². The number of anilines is 1. The Hall–Kier alpha value is -1.74. The number of nitrogens with zero attached hydrogens (tertiary/aromatic N) is 1. The summed E-state index contributed by atoms with van der Waals surface area (Å²) in [5.41, 5.74) is 4.12. The summed E-state index contributed by atoms with van der Waals surface area (Å²) in [4.78, 5) is 23.5. The van der Waals surface area contributed by atoms with Gasteiger partial charge in [0.1, 0.15) is 0 Å². The third kappa shape index (κ3) is 7.78. The van der Waals surface area contributed by atoms with Crippen LogP contribution in [0.15, 0.2) is 58.1 Å². The van der Waals surface area contributed by atoms with Crippen LogP contribution in [0.3, 0.4) is 0 Å². The van der Waals surface area contributed by atoms with E-state index in [1.165, 1.54) is 0 Å². The van der Waals surface area contributed by atoms with Crippen molar-refractivity contribution < 1.29 is 9.59 Å². The van der Waals surface area contributed by atoms with Gasteiger partial charge in [-0.05, 0) is 71.0 Å². The molecule has 0 heterocycles. The molecular formula is C18H17BrIN3O2. The van der Waals surface area contributed by atoms with E-state index in [4.69, 9.17) is 0 Å². The fraction of sp³-hybridized carbons (Fsp3) is 0.167. The average molecular weight is 514 g/mol. The normalized spacial score (nSPS) is 10.6. The number of hydrogen-bond acceptors (Lipinski definition) is 3. The first-order valence-corrected chi connectivity index (χ1v) is 9.53. The Morgan fingerprint density at radius 3 is 2.52 bits per heavy atom. The topological polar surface area (TPSA) is 70.6 Å². The van der Waals surface area contributed by atoms with Crippen LogP contribution in [0.25, 0.3) is 0 Å². The van der Waals surface area contributed by atoms with Gasteiger partial charge in [-0.2, -0.15) is 5.10 Å². The number of amides is 2. The monoisotopic (exact) mass is 513 g/mol. The van der Waals surface area contributed by atoms with Crippen LogP contribution >= 0.6 is 38.5 Å². The van der Waals surface area contributed by atoms with Crippen LogP contribution in [0, 0.1) is 3.57 Å². The summed E-state index contributed by atoms with van der Waals surface area (Å²) in [7, 11) is 0. The molecule has 0 fully saturated rings. The van der Waals surface area contributed by atoms with Crippen LogP contribution in [0.2, 0.25) is 0 Å². The van der Waals surface area contributed by atoms with Gasteiger partial charge in [0.15, 0.2) is 0 Å². The van der Waals surface area contributed by atoms with E-state index in [1.807, 2.05) is 48.5 Å². The molecule has 0 aromatic heterocycles. The minimum atomic E-state index is -0.210. The lowest BCUT2D eigenvalue weighted by atomic mass is 10.2. The van der Waals surface area contributed by atoms with Crippen LogP contribution in [-0.2, 0) is 9.59 Å². The summed E-state index contributed by atoms with van der Waals surface area (Å²) < 4.78 is 2.05. The Balaban J connectivity index is 1.66. The molecule has 130 valence electrons. The van der Waals surface area contributed by atoms with Gasteiger partial charge in [-0.25, -0.2) is 5.43 Å². The number of carbonyl (C=O) groups excluding carboxylic acids is 2. The van der Waals surface area contributed by atoms with E-state index < -0.39 is 0 Å². The molecule has 2 aromatic carbocycles. The predicted octanol–water partition coefficient (Wildman–Crippen LogP) is 4.31. The molecule has 0 aliphatic rings. The summed E-state index contributed by atoms with van der Waals surface area (Å²) >= 11 is 5.55. The second-order valence-corrected chi connectivity index (χ2v) is 7.42. The van der Waals surface area contributed by atoms with Crippen molar-refractivity contribution in [2.24, 2.45) is 5.10 Å². The highest BCUT2D eigenvalue weighted by Crippen LogP contribution is 2.14. The number of hydrazone groups is 1. The third-order valence-corrected chi connectivity index (χ3v) is 4.39. The SMILES string of the molecule is O=C(CCCC(=O)Nc1ccc(Br)cc1)NN=Cc1cccc(I)c1. The minimum Gasteiger partial charge on any atom is -0.326 e. The van der Waals surface area contributed by atoms with E-state index >= 15 is 0 Å². The molecule has 7 heteroatoms. The van der Waals surface area contributed by atoms with Crippen molar-refractivity contribution in [1.82, 2.24) is 5.43 Å².